The molecule has 2 heterocycles. The molecule has 0 fully saturated rings. The molecule has 4 aromatic rings. The summed E-state index contributed by atoms with van der Waals surface area (Å²) >= 11 is 0. The molecular weight excluding hydrogens is 457 g/mol. The summed E-state index contributed by atoms with van der Waals surface area (Å²) in [6, 6.07) is 14.6. The maximum atomic E-state index is 13.0. The summed E-state index contributed by atoms with van der Waals surface area (Å²) in [5, 5.41) is 2.50. The molecule has 1 N–H and O–H groups in total. The van der Waals surface area contributed by atoms with Crippen molar-refractivity contribution in [1.29, 1.82) is 0 Å². The molecule has 6 nitrogen and oxygen atoms in total. The van der Waals surface area contributed by atoms with Gasteiger partial charge in [0, 0.05) is 30.1 Å². The number of amides is 1. The molecule has 2 aromatic carbocycles. The Balaban J connectivity index is 1.60. The van der Waals surface area contributed by atoms with Crippen LogP contribution in [0.5, 0.6) is 11.6 Å². The van der Waals surface area contributed by atoms with E-state index < -0.39 is 17.6 Å². The van der Waals surface area contributed by atoms with Gasteiger partial charge in [-0.25, -0.2) is 15.0 Å². The maximum Gasteiger partial charge on any atom is 0.416 e. The van der Waals surface area contributed by atoms with Gasteiger partial charge in [0.15, 0.2) is 0 Å². The predicted octanol–water partition coefficient (Wildman–Crippen LogP) is 6.47. The largest absolute Gasteiger partial charge is 0.438 e. The van der Waals surface area contributed by atoms with E-state index in [-0.39, 0.29) is 11.3 Å². The number of halogens is 3. The Hall–Kier alpha value is -4.27. The number of aryl methyl sites for hydroxylation is 2. The van der Waals surface area contributed by atoms with E-state index in [9.17, 15) is 18.0 Å². The monoisotopic (exact) mass is 478 g/mol. The number of hydrogen-bond donors (Lipinski definition) is 1. The number of carbonyl (C=O) groups excluding carboxylic acids is 1. The molecule has 0 saturated carbocycles. The predicted molar refractivity (Wildman–Crippen MR) is 125 cm³/mol. The van der Waals surface area contributed by atoms with Gasteiger partial charge in [0.25, 0.3) is 5.91 Å². The highest BCUT2D eigenvalue weighted by molar-refractivity contribution is 6.04. The summed E-state index contributed by atoms with van der Waals surface area (Å²) in [7, 11) is 0. The molecule has 9 heteroatoms. The molecule has 0 aliphatic heterocycles. The number of aromatic nitrogens is 3. The highest BCUT2D eigenvalue weighted by Crippen LogP contribution is 2.33. The normalized spacial score (nSPS) is 11.2. The lowest BCUT2D eigenvalue weighted by Gasteiger charge is -2.13. The number of rotatable bonds is 6. The van der Waals surface area contributed by atoms with Crippen LogP contribution in [0.4, 0.5) is 18.9 Å². The molecule has 4 rings (SSSR count). The highest BCUT2D eigenvalue weighted by Gasteiger charge is 2.30. The summed E-state index contributed by atoms with van der Waals surface area (Å²) in [4.78, 5) is 25.8. The molecule has 0 bridgehead atoms. The third-order valence-electron chi connectivity index (χ3n) is 5.17. The molecule has 35 heavy (non-hydrogen) atoms. The Morgan fingerprint density at radius 2 is 1.83 bits per heavy atom. The molecule has 1 amide bonds. The summed E-state index contributed by atoms with van der Waals surface area (Å²) in [6.07, 6.45) is -0.581. The molecule has 2 aromatic heterocycles. The lowest BCUT2D eigenvalue weighted by Crippen LogP contribution is -2.13. The zero-order valence-corrected chi connectivity index (χ0v) is 18.9. The van der Waals surface area contributed by atoms with E-state index in [1.807, 2.05) is 19.9 Å². The molecule has 0 atom stereocenters. The van der Waals surface area contributed by atoms with Crippen LogP contribution in [0.1, 0.15) is 34.2 Å². The van der Waals surface area contributed by atoms with Crippen LogP contribution in [-0.2, 0) is 12.6 Å². The Morgan fingerprint density at radius 3 is 2.60 bits per heavy atom. The average molecular weight is 478 g/mol. The topological polar surface area (TPSA) is 77.0 Å². The van der Waals surface area contributed by atoms with E-state index in [0.29, 0.717) is 35.1 Å². The SMILES string of the molecule is CCc1nccc(-c2cccnc2Oc2cc(C(=O)Nc3cccc(C(F)(F)F)c3)ccc2C)n1. The van der Waals surface area contributed by atoms with E-state index in [4.69, 9.17) is 4.74 Å². The standard InChI is InChI=1S/C26H21F3N4O2/c1-3-23-30-13-11-21(33-23)20-8-5-12-31-25(20)35-22-14-17(10-9-16(22)2)24(34)32-19-7-4-6-18(15-19)26(27,28)29/h4-15H,3H2,1-2H3,(H,32,34). The van der Waals surface area contributed by atoms with Crippen LogP contribution in [0.2, 0.25) is 0 Å². The van der Waals surface area contributed by atoms with Crippen LogP contribution in [0.15, 0.2) is 73.1 Å². The third-order valence-corrected chi connectivity index (χ3v) is 5.17. The summed E-state index contributed by atoms with van der Waals surface area (Å²) in [5.74, 6) is 0.791. The van der Waals surface area contributed by atoms with Gasteiger partial charge in [0.1, 0.15) is 11.6 Å². The second-order valence-corrected chi connectivity index (χ2v) is 7.68. The summed E-state index contributed by atoms with van der Waals surface area (Å²) < 4.78 is 45.0. The van der Waals surface area contributed by atoms with E-state index in [2.05, 4.69) is 20.3 Å². The quantitative estimate of drug-likeness (QED) is 0.344. The minimum Gasteiger partial charge on any atom is -0.438 e. The fourth-order valence-electron chi connectivity index (χ4n) is 3.32. The van der Waals surface area contributed by atoms with Crippen LogP contribution >= 0.6 is 0 Å². The summed E-state index contributed by atoms with van der Waals surface area (Å²) in [6.45, 7) is 3.77. The Bertz CT molecular complexity index is 1370. The molecule has 0 unspecified atom stereocenters. The van der Waals surface area contributed by atoms with Gasteiger partial charge in [0.2, 0.25) is 5.88 Å². The lowest BCUT2D eigenvalue weighted by molar-refractivity contribution is -0.137. The lowest BCUT2D eigenvalue weighted by atomic mass is 10.1. The third kappa shape index (κ3) is 5.63. The number of pyridine rings is 1. The number of anilines is 1. The van der Waals surface area contributed by atoms with E-state index >= 15 is 0 Å². The van der Waals surface area contributed by atoms with Crippen molar-refractivity contribution in [2.24, 2.45) is 0 Å². The fraction of sp³-hybridized carbons (Fsp3) is 0.154. The molecule has 0 radical (unpaired) electrons. The molecular formula is C26H21F3N4O2. The average Bonchev–Trinajstić information content (AvgIpc) is 2.85. The van der Waals surface area contributed by atoms with Gasteiger partial charge >= 0.3 is 6.18 Å². The van der Waals surface area contributed by atoms with Gasteiger partial charge in [-0.2, -0.15) is 13.2 Å². The number of benzene rings is 2. The molecule has 0 aliphatic rings. The summed E-state index contributed by atoms with van der Waals surface area (Å²) in [5.41, 5.74) is 1.46. The van der Waals surface area contributed by atoms with Gasteiger partial charge in [-0.3, -0.25) is 4.79 Å². The van der Waals surface area contributed by atoms with Crippen LogP contribution in [-0.4, -0.2) is 20.9 Å². The Morgan fingerprint density at radius 1 is 1.00 bits per heavy atom. The number of nitrogens with zero attached hydrogens (tertiary/aromatic N) is 3. The molecule has 178 valence electrons. The zero-order valence-electron chi connectivity index (χ0n) is 18.9. The van der Waals surface area contributed by atoms with Gasteiger partial charge in [-0.05, 0) is 61.0 Å². The van der Waals surface area contributed by atoms with Crippen LogP contribution in [0.3, 0.4) is 0 Å². The second-order valence-electron chi connectivity index (χ2n) is 7.68. The van der Waals surface area contributed by atoms with Crippen molar-refractivity contribution in [3.63, 3.8) is 0 Å². The number of alkyl halides is 3. The molecule has 0 aliphatic carbocycles. The van der Waals surface area contributed by atoms with Crippen LogP contribution in [0, 0.1) is 6.92 Å². The molecule has 0 spiro atoms. The first kappa shape index (κ1) is 23.9. The van der Waals surface area contributed by atoms with Crippen molar-refractivity contribution in [3.8, 4) is 22.9 Å². The fourth-order valence-corrected chi connectivity index (χ4v) is 3.32. The number of carbonyl (C=O) groups is 1. The van der Waals surface area contributed by atoms with E-state index in [1.54, 1.807) is 36.7 Å². The number of nitrogens with one attached hydrogen (secondary N) is 1. The zero-order chi connectivity index (χ0) is 25.0. The number of ether oxygens (including phenoxy) is 1. The Kier molecular flexibility index (Phi) is 6.77. The van der Waals surface area contributed by atoms with Crippen molar-refractivity contribution in [2.45, 2.75) is 26.4 Å². The van der Waals surface area contributed by atoms with Gasteiger partial charge in [-0.15, -0.1) is 0 Å². The first-order valence-corrected chi connectivity index (χ1v) is 10.8. The maximum absolute atomic E-state index is 13.0. The van der Waals surface area contributed by atoms with Crippen molar-refractivity contribution in [2.75, 3.05) is 5.32 Å². The van der Waals surface area contributed by atoms with E-state index in [0.717, 1.165) is 17.7 Å². The van der Waals surface area contributed by atoms with Crippen LogP contribution in [0.25, 0.3) is 11.3 Å². The van der Waals surface area contributed by atoms with Gasteiger partial charge in [-0.1, -0.05) is 19.1 Å². The van der Waals surface area contributed by atoms with Gasteiger partial charge in [0.05, 0.1) is 16.8 Å². The van der Waals surface area contributed by atoms with Crippen molar-refractivity contribution >= 4 is 11.6 Å². The second kappa shape index (κ2) is 9.92. The molecule has 0 saturated heterocycles. The van der Waals surface area contributed by atoms with Crippen molar-refractivity contribution < 1.29 is 22.7 Å². The van der Waals surface area contributed by atoms with Crippen molar-refractivity contribution in [1.82, 2.24) is 15.0 Å². The smallest absolute Gasteiger partial charge is 0.416 e. The first-order chi connectivity index (χ1) is 16.7. The van der Waals surface area contributed by atoms with Gasteiger partial charge < -0.3 is 10.1 Å². The number of hydrogen-bond acceptors (Lipinski definition) is 5. The minimum absolute atomic E-state index is 0.0374. The van der Waals surface area contributed by atoms with Crippen molar-refractivity contribution in [3.05, 3.63) is 95.6 Å². The first-order valence-electron chi connectivity index (χ1n) is 10.8. The van der Waals surface area contributed by atoms with E-state index in [1.165, 1.54) is 18.2 Å². The minimum atomic E-state index is -4.51. The van der Waals surface area contributed by atoms with Crippen LogP contribution < -0.4 is 10.1 Å². The highest BCUT2D eigenvalue weighted by atomic mass is 19.4. The Labute approximate surface area is 199 Å².